The maximum absolute atomic E-state index is 13.5. The topological polar surface area (TPSA) is 125 Å². The normalized spacial score (nSPS) is 17.7. The summed E-state index contributed by atoms with van der Waals surface area (Å²) in [5, 5.41) is 20.7. The highest BCUT2D eigenvalue weighted by Crippen LogP contribution is 2.28. The molecule has 2 aliphatic rings. The molecule has 0 spiro atoms. The van der Waals surface area contributed by atoms with Crippen LogP contribution in [0.4, 0.5) is 5.69 Å². The molecule has 9 nitrogen and oxygen atoms in total. The maximum Gasteiger partial charge on any atom is 0.255 e. The molecule has 0 radical (unpaired) electrons. The van der Waals surface area contributed by atoms with Crippen molar-refractivity contribution in [3.63, 3.8) is 0 Å². The third kappa shape index (κ3) is 8.13. The first-order valence-electron chi connectivity index (χ1n) is 15.0. The minimum absolute atomic E-state index is 0.123. The Hall–Kier alpha value is -3.54. The smallest absolute Gasteiger partial charge is 0.255 e. The number of nitrogens with two attached hydrogens (primary N) is 1. The number of hydrogen-bond donors (Lipinski definition) is 3. The summed E-state index contributed by atoms with van der Waals surface area (Å²) in [4.78, 5) is 18.0. The first kappa shape index (κ1) is 31.9. The van der Waals surface area contributed by atoms with E-state index < -0.39 is 21.5 Å². The van der Waals surface area contributed by atoms with Crippen molar-refractivity contribution in [3.05, 3.63) is 82.2 Å². The number of hydrogen-bond acceptors (Lipinski definition) is 7. The quantitative estimate of drug-likeness (QED) is 0.337. The Kier molecular flexibility index (Phi) is 9.57. The second-order valence-corrected chi connectivity index (χ2v) is 13.9. The zero-order chi connectivity index (χ0) is 31.5. The molecular formula is C34H42N4O5S. The second kappa shape index (κ2) is 13.2. The number of primary sulfonamides is 1. The molecule has 3 aromatic carbocycles. The molecule has 1 saturated heterocycles. The van der Waals surface area contributed by atoms with Gasteiger partial charge < -0.3 is 20.1 Å². The molecule has 3 aromatic rings. The standard InChI is InChI=1S/C34H42N4O5S/c1-24-7-10-27-20-31(26-11-8-25(9-12-26)22-37-15-17-43-18-16-37)32(21-29(27)23-38(24)14-13-34(2,3)40)36-33(39)28-5-4-6-30(19-28)44(35,41)42/h4-6,8-12,19-21,23-24,40H,7,13-18,22H2,1-3H3,(H,36,39)(H2,35,41,42). The highest BCUT2D eigenvalue weighted by atomic mass is 32.2. The van der Waals surface area contributed by atoms with E-state index in [9.17, 15) is 18.3 Å². The van der Waals surface area contributed by atoms with Crippen molar-refractivity contribution in [2.45, 2.75) is 56.7 Å². The Labute approximate surface area is 259 Å². The van der Waals surface area contributed by atoms with Crippen molar-refractivity contribution in [1.82, 2.24) is 9.80 Å². The lowest BCUT2D eigenvalue weighted by molar-refractivity contribution is 0.0342. The molecule has 5 rings (SSSR count). The maximum atomic E-state index is 13.5. The van der Waals surface area contributed by atoms with Crippen LogP contribution >= 0.6 is 0 Å². The van der Waals surface area contributed by atoms with E-state index in [-0.39, 0.29) is 16.5 Å². The molecule has 234 valence electrons. The number of morpholine rings is 1. The Morgan fingerprint density at radius 1 is 1.07 bits per heavy atom. The van der Waals surface area contributed by atoms with E-state index in [2.05, 4.69) is 64.6 Å². The van der Waals surface area contributed by atoms with Crippen molar-refractivity contribution in [2.24, 2.45) is 5.14 Å². The van der Waals surface area contributed by atoms with Crippen molar-refractivity contribution in [2.75, 3.05) is 38.2 Å². The van der Waals surface area contributed by atoms with Gasteiger partial charge in [-0.3, -0.25) is 9.69 Å². The summed E-state index contributed by atoms with van der Waals surface area (Å²) < 4.78 is 29.3. The highest BCUT2D eigenvalue weighted by Gasteiger charge is 2.20. The van der Waals surface area contributed by atoms with Crippen molar-refractivity contribution >= 4 is 33.9 Å². The molecule has 44 heavy (non-hydrogen) atoms. The summed E-state index contributed by atoms with van der Waals surface area (Å²) >= 11 is 0. The van der Waals surface area contributed by atoms with Crippen LogP contribution in [-0.2, 0) is 21.3 Å². The van der Waals surface area contributed by atoms with Gasteiger partial charge in [-0.05, 0) is 85.5 Å². The number of aliphatic hydroxyl groups is 1. The minimum atomic E-state index is -3.96. The molecule has 10 heteroatoms. The van der Waals surface area contributed by atoms with Gasteiger partial charge in [0.05, 0.1) is 23.7 Å². The Morgan fingerprint density at radius 3 is 2.48 bits per heavy atom. The number of carbonyl (C=O) groups excluding carboxylic acids is 1. The van der Waals surface area contributed by atoms with Gasteiger partial charge in [-0.25, -0.2) is 13.6 Å². The number of sulfonamides is 1. The molecule has 2 aliphatic heterocycles. The number of anilines is 1. The van der Waals surface area contributed by atoms with Crippen LogP contribution in [0.15, 0.2) is 65.6 Å². The number of benzene rings is 3. The summed E-state index contributed by atoms with van der Waals surface area (Å²) in [5.41, 5.74) is 3.03. The Balaban J connectivity index is 1.53. The fourth-order valence-corrected chi connectivity index (χ4v) is 6.07. The summed E-state index contributed by atoms with van der Waals surface area (Å²) in [5.74, 6) is -0.439. The van der Waals surface area contributed by atoms with E-state index in [1.54, 1.807) is 6.07 Å². The molecule has 0 saturated carbocycles. The zero-order valence-electron chi connectivity index (χ0n) is 25.6. The average Bonchev–Trinajstić information content (AvgIpc) is 3.14. The van der Waals surface area contributed by atoms with Crippen LogP contribution in [0.25, 0.3) is 23.4 Å². The number of rotatable bonds is 9. The third-order valence-electron chi connectivity index (χ3n) is 8.20. The van der Waals surface area contributed by atoms with Gasteiger partial charge in [0.25, 0.3) is 5.91 Å². The number of nitrogens with one attached hydrogen (secondary N) is 1. The monoisotopic (exact) mass is 618 g/mol. The molecule has 0 aliphatic carbocycles. The van der Waals surface area contributed by atoms with Crippen LogP contribution in [0, 0.1) is 0 Å². The zero-order valence-corrected chi connectivity index (χ0v) is 26.4. The number of amides is 1. The number of nitrogens with zero attached hydrogens (tertiary/aromatic N) is 2. The van der Waals surface area contributed by atoms with Crippen molar-refractivity contribution in [1.29, 1.82) is 0 Å². The van der Waals surface area contributed by atoms with E-state index in [0.717, 1.165) is 60.8 Å². The molecule has 0 bridgehead atoms. The molecule has 1 atom stereocenters. The first-order chi connectivity index (χ1) is 20.9. The largest absolute Gasteiger partial charge is 0.390 e. The van der Waals surface area contributed by atoms with E-state index in [4.69, 9.17) is 9.88 Å². The lowest BCUT2D eigenvalue weighted by atomic mass is 9.99. The SMILES string of the molecule is CC1CC=c2cc(-c3ccc(CN4CCOCC4)cc3)c(NC(=O)c3cccc(S(N)(=O)=O)c3)cc2=CN1CCC(C)(C)O. The second-order valence-electron chi connectivity index (χ2n) is 12.4. The van der Waals surface area contributed by atoms with E-state index in [1.807, 2.05) is 19.9 Å². The summed E-state index contributed by atoms with van der Waals surface area (Å²) in [6, 6.07) is 18.4. The summed E-state index contributed by atoms with van der Waals surface area (Å²) in [7, 11) is -3.96. The molecule has 0 aromatic heterocycles. The number of carbonyl (C=O) groups is 1. The Morgan fingerprint density at radius 2 is 1.80 bits per heavy atom. The van der Waals surface area contributed by atoms with Crippen LogP contribution in [0.3, 0.4) is 0 Å². The fourth-order valence-electron chi connectivity index (χ4n) is 5.51. The average molecular weight is 619 g/mol. The molecule has 1 unspecified atom stereocenters. The van der Waals surface area contributed by atoms with Crippen LogP contribution in [-0.4, -0.2) is 73.7 Å². The van der Waals surface area contributed by atoms with Gasteiger partial charge in [0.1, 0.15) is 0 Å². The summed E-state index contributed by atoms with van der Waals surface area (Å²) in [6.07, 6.45) is 5.77. The van der Waals surface area contributed by atoms with E-state index in [1.165, 1.54) is 23.8 Å². The molecular weight excluding hydrogens is 576 g/mol. The Bertz CT molecular complexity index is 1730. The lowest BCUT2D eigenvalue weighted by Crippen LogP contribution is -2.35. The van der Waals surface area contributed by atoms with Crippen LogP contribution in [0.1, 0.15) is 49.5 Å². The van der Waals surface area contributed by atoms with Gasteiger partial charge in [0, 0.05) is 55.2 Å². The van der Waals surface area contributed by atoms with Gasteiger partial charge in [-0.2, -0.15) is 0 Å². The summed E-state index contributed by atoms with van der Waals surface area (Å²) in [6.45, 7) is 10.6. The van der Waals surface area contributed by atoms with Crippen LogP contribution in [0.2, 0.25) is 0 Å². The van der Waals surface area contributed by atoms with Gasteiger partial charge in [0.15, 0.2) is 0 Å². The minimum Gasteiger partial charge on any atom is -0.390 e. The third-order valence-corrected chi connectivity index (χ3v) is 9.11. The van der Waals surface area contributed by atoms with Crippen LogP contribution in [0.5, 0.6) is 0 Å². The fraction of sp³-hybridized carbons (Fsp3) is 0.382. The van der Waals surface area contributed by atoms with Gasteiger partial charge in [0.2, 0.25) is 10.0 Å². The van der Waals surface area contributed by atoms with Crippen LogP contribution < -0.4 is 20.9 Å². The van der Waals surface area contributed by atoms with Gasteiger partial charge in [-0.15, -0.1) is 0 Å². The van der Waals surface area contributed by atoms with Crippen molar-refractivity contribution < 1.29 is 23.1 Å². The molecule has 4 N–H and O–H groups in total. The first-order valence-corrected chi connectivity index (χ1v) is 16.6. The molecule has 1 amide bonds. The molecule has 2 heterocycles. The lowest BCUT2D eigenvalue weighted by Gasteiger charge is -2.29. The van der Waals surface area contributed by atoms with Gasteiger partial charge in [-0.1, -0.05) is 36.4 Å². The predicted molar refractivity (Wildman–Crippen MR) is 174 cm³/mol. The molecule has 1 fully saturated rings. The van der Waals surface area contributed by atoms with Crippen molar-refractivity contribution in [3.8, 4) is 11.1 Å². The van der Waals surface area contributed by atoms with Gasteiger partial charge >= 0.3 is 0 Å². The van der Waals surface area contributed by atoms with E-state index >= 15 is 0 Å². The number of fused-ring (bicyclic) bond motifs is 1. The highest BCUT2D eigenvalue weighted by molar-refractivity contribution is 7.89. The number of ether oxygens (including phenoxy) is 1. The predicted octanol–water partition coefficient (Wildman–Crippen LogP) is 2.86. The van der Waals surface area contributed by atoms with E-state index in [0.29, 0.717) is 18.7 Å².